The van der Waals surface area contributed by atoms with Crippen molar-refractivity contribution in [1.29, 1.82) is 5.26 Å². The Hall–Kier alpha value is -4.06. The lowest BCUT2D eigenvalue weighted by atomic mass is 9.99. The zero-order chi connectivity index (χ0) is 23.9. The van der Waals surface area contributed by atoms with Crippen molar-refractivity contribution in [1.82, 2.24) is 19.9 Å². The third-order valence-electron chi connectivity index (χ3n) is 6.76. The number of nitrogen functional groups attached to an aromatic ring is 1. The normalized spacial score (nSPS) is 18.4. The molecule has 1 aromatic carbocycles. The van der Waals surface area contributed by atoms with E-state index in [9.17, 15) is 10.1 Å². The molecule has 1 amide bonds. The van der Waals surface area contributed by atoms with Gasteiger partial charge in [-0.05, 0) is 43.0 Å². The van der Waals surface area contributed by atoms with Crippen molar-refractivity contribution < 1.29 is 9.53 Å². The summed E-state index contributed by atoms with van der Waals surface area (Å²) >= 11 is 0. The summed E-state index contributed by atoms with van der Waals surface area (Å²) in [6.45, 7) is 3.56. The van der Waals surface area contributed by atoms with Crippen molar-refractivity contribution >= 4 is 17.4 Å². The molecule has 3 N–H and O–H groups in total. The third kappa shape index (κ3) is 4.03. The van der Waals surface area contributed by atoms with E-state index in [1.807, 2.05) is 25.1 Å². The molecule has 5 rings (SSSR count). The Morgan fingerprint density at radius 2 is 2.15 bits per heavy atom. The summed E-state index contributed by atoms with van der Waals surface area (Å²) in [7, 11) is 1.62. The van der Waals surface area contributed by atoms with Crippen molar-refractivity contribution in [3.63, 3.8) is 0 Å². The maximum Gasteiger partial charge on any atom is 0.226 e. The standard InChI is InChI=1S/C25H27N7O2/c1-25(4-5-25)24(33)29-17-3-7-31(14-17)18-9-16(10-19(11-18)34-2)20-12-22(27)30-23(21(20)13-26)32-8-6-28-15-32/h6,8-12,15,17H,3-5,7,14H2,1-2H3,(H2,27,30)(H,29,33). The average Bonchev–Trinajstić information content (AvgIpc) is 3.22. The number of nitrogens with one attached hydrogen (secondary N) is 1. The highest BCUT2D eigenvalue weighted by molar-refractivity contribution is 5.85. The molecule has 34 heavy (non-hydrogen) atoms. The monoisotopic (exact) mass is 457 g/mol. The summed E-state index contributed by atoms with van der Waals surface area (Å²) in [5, 5.41) is 13.2. The number of pyridine rings is 1. The molecule has 3 heterocycles. The lowest BCUT2D eigenvalue weighted by Crippen LogP contribution is -2.40. The first-order valence-corrected chi connectivity index (χ1v) is 11.3. The predicted molar refractivity (Wildman–Crippen MR) is 129 cm³/mol. The second-order valence-electron chi connectivity index (χ2n) is 9.26. The van der Waals surface area contributed by atoms with Crippen LogP contribution >= 0.6 is 0 Å². The number of hydrogen-bond donors (Lipinski definition) is 2. The number of ether oxygens (including phenoxy) is 1. The number of carbonyl (C=O) groups excluding carboxylic acids is 1. The number of hydrogen-bond acceptors (Lipinski definition) is 7. The van der Waals surface area contributed by atoms with Gasteiger partial charge in [0.2, 0.25) is 5.91 Å². The molecule has 1 aliphatic carbocycles. The average molecular weight is 458 g/mol. The van der Waals surface area contributed by atoms with Crippen molar-refractivity contribution in [2.75, 3.05) is 30.8 Å². The molecule has 2 aliphatic rings. The third-order valence-corrected chi connectivity index (χ3v) is 6.76. The van der Waals surface area contributed by atoms with Crippen LogP contribution in [0.2, 0.25) is 0 Å². The summed E-state index contributed by atoms with van der Waals surface area (Å²) in [6.07, 6.45) is 7.75. The topological polar surface area (TPSA) is 122 Å². The van der Waals surface area contributed by atoms with Gasteiger partial charge in [0, 0.05) is 54.3 Å². The molecule has 9 nitrogen and oxygen atoms in total. The fourth-order valence-electron chi connectivity index (χ4n) is 4.39. The Morgan fingerprint density at radius 3 is 2.82 bits per heavy atom. The van der Waals surface area contributed by atoms with Gasteiger partial charge in [-0.1, -0.05) is 6.92 Å². The van der Waals surface area contributed by atoms with Crippen LogP contribution in [0.3, 0.4) is 0 Å². The fraction of sp³-hybridized carbons (Fsp3) is 0.360. The minimum Gasteiger partial charge on any atom is -0.497 e. The first kappa shape index (κ1) is 21.8. The Labute approximate surface area is 198 Å². The predicted octanol–water partition coefficient (Wildman–Crippen LogP) is 2.89. The van der Waals surface area contributed by atoms with Crippen LogP contribution in [0.4, 0.5) is 11.5 Å². The number of rotatable bonds is 6. The second kappa shape index (κ2) is 8.37. The molecule has 1 atom stereocenters. The smallest absolute Gasteiger partial charge is 0.226 e. The minimum absolute atomic E-state index is 0.110. The molecule has 2 fully saturated rings. The number of amides is 1. The van der Waals surface area contributed by atoms with E-state index in [-0.39, 0.29) is 17.4 Å². The molecule has 0 radical (unpaired) electrons. The molecule has 2 aromatic heterocycles. The van der Waals surface area contributed by atoms with Crippen LogP contribution in [0.25, 0.3) is 16.9 Å². The number of anilines is 2. The van der Waals surface area contributed by atoms with Crippen molar-refractivity contribution in [3.05, 3.63) is 48.5 Å². The second-order valence-corrected chi connectivity index (χ2v) is 9.26. The van der Waals surface area contributed by atoms with Gasteiger partial charge in [0.25, 0.3) is 0 Å². The molecular weight excluding hydrogens is 430 g/mol. The Morgan fingerprint density at radius 1 is 1.32 bits per heavy atom. The fourth-order valence-corrected chi connectivity index (χ4v) is 4.39. The highest BCUT2D eigenvalue weighted by Crippen LogP contribution is 2.45. The van der Waals surface area contributed by atoms with Gasteiger partial charge in [-0.25, -0.2) is 9.97 Å². The molecule has 1 aliphatic heterocycles. The Kier molecular flexibility index (Phi) is 5.36. The summed E-state index contributed by atoms with van der Waals surface area (Å²) < 4.78 is 7.26. The molecule has 1 saturated heterocycles. The highest BCUT2D eigenvalue weighted by Gasteiger charge is 2.45. The van der Waals surface area contributed by atoms with E-state index >= 15 is 0 Å². The minimum atomic E-state index is -0.182. The van der Waals surface area contributed by atoms with Crippen molar-refractivity contribution in [2.24, 2.45) is 5.41 Å². The van der Waals surface area contributed by atoms with Gasteiger partial charge in [0.1, 0.15) is 29.5 Å². The van der Waals surface area contributed by atoms with Crippen LogP contribution in [-0.4, -0.2) is 46.7 Å². The lowest BCUT2D eigenvalue weighted by molar-refractivity contribution is -0.126. The number of nitriles is 1. The van der Waals surface area contributed by atoms with Crippen LogP contribution in [0.1, 0.15) is 31.7 Å². The van der Waals surface area contributed by atoms with Crippen LogP contribution in [-0.2, 0) is 4.79 Å². The summed E-state index contributed by atoms with van der Waals surface area (Å²) in [4.78, 5) is 23.2. The molecule has 1 saturated carbocycles. The lowest BCUT2D eigenvalue weighted by Gasteiger charge is -2.22. The van der Waals surface area contributed by atoms with Gasteiger partial charge in [0.15, 0.2) is 5.82 Å². The summed E-state index contributed by atoms with van der Waals surface area (Å²) in [6, 6.07) is 10.00. The number of benzene rings is 1. The van der Waals surface area contributed by atoms with E-state index in [2.05, 4.69) is 26.3 Å². The number of nitrogens with zero attached hydrogens (tertiary/aromatic N) is 5. The first-order valence-electron chi connectivity index (χ1n) is 11.3. The molecular formula is C25H27N7O2. The first-order chi connectivity index (χ1) is 16.4. The zero-order valence-corrected chi connectivity index (χ0v) is 19.3. The van der Waals surface area contributed by atoms with Gasteiger partial charge in [0.05, 0.1) is 7.11 Å². The number of nitrogens with two attached hydrogens (primary N) is 1. The quantitative estimate of drug-likeness (QED) is 0.583. The van der Waals surface area contributed by atoms with E-state index in [4.69, 9.17) is 10.5 Å². The summed E-state index contributed by atoms with van der Waals surface area (Å²) in [5.41, 5.74) is 8.78. The van der Waals surface area contributed by atoms with E-state index in [0.717, 1.165) is 43.6 Å². The van der Waals surface area contributed by atoms with Crippen molar-refractivity contribution in [2.45, 2.75) is 32.2 Å². The molecule has 0 bridgehead atoms. The largest absolute Gasteiger partial charge is 0.497 e. The van der Waals surface area contributed by atoms with Crippen LogP contribution in [0.5, 0.6) is 5.75 Å². The van der Waals surface area contributed by atoms with Gasteiger partial charge >= 0.3 is 0 Å². The zero-order valence-electron chi connectivity index (χ0n) is 19.3. The SMILES string of the molecule is COc1cc(-c2cc(N)nc(-n3ccnc3)c2C#N)cc(N2CCC(NC(=O)C3(C)CC3)C2)c1. The number of carbonyl (C=O) groups is 1. The van der Waals surface area contributed by atoms with E-state index in [1.54, 1.807) is 36.5 Å². The molecule has 174 valence electrons. The Balaban J connectivity index is 1.48. The van der Waals surface area contributed by atoms with Crippen molar-refractivity contribution in [3.8, 4) is 28.8 Å². The van der Waals surface area contributed by atoms with Gasteiger partial charge < -0.3 is 20.7 Å². The Bertz CT molecular complexity index is 1280. The maximum atomic E-state index is 12.5. The molecule has 9 heteroatoms. The number of aromatic nitrogens is 3. The number of imidazole rings is 1. The van der Waals surface area contributed by atoms with E-state index in [0.29, 0.717) is 28.5 Å². The summed E-state index contributed by atoms with van der Waals surface area (Å²) in [5.74, 6) is 1.56. The van der Waals surface area contributed by atoms with Gasteiger partial charge in [-0.2, -0.15) is 5.26 Å². The van der Waals surface area contributed by atoms with Gasteiger partial charge in [-0.15, -0.1) is 0 Å². The maximum absolute atomic E-state index is 12.5. The van der Waals surface area contributed by atoms with E-state index < -0.39 is 0 Å². The molecule has 0 spiro atoms. The van der Waals surface area contributed by atoms with Crippen LogP contribution in [0, 0.1) is 16.7 Å². The highest BCUT2D eigenvalue weighted by atomic mass is 16.5. The van der Waals surface area contributed by atoms with E-state index in [1.165, 1.54) is 0 Å². The van der Waals surface area contributed by atoms with Crippen LogP contribution in [0.15, 0.2) is 43.0 Å². The number of methoxy groups -OCH3 is 1. The van der Waals surface area contributed by atoms with Crippen LogP contribution < -0.4 is 20.7 Å². The molecule has 1 unspecified atom stereocenters. The molecule has 3 aromatic rings. The van der Waals surface area contributed by atoms with Gasteiger partial charge in [-0.3, -0.25) is 9.36 Å².